The molecule has 0 saturated carbocycles. The van der Waals surface area contributed by atoms with Gasteiger partial charge in [0, 0.05) is 31.4 Å². The second-order valence-electron chi connectivity index (χ2n) is 3.71. The van der Waals surface area contributed by atoms with Gasteiger partial charge in [0.25, 0.3) is 0 Å². The van der Waals surface area contributed by atoms with Crippen LogP contribution in [0.25, 0.3) is 0 Å². The predicted molar refractivity (Wildman–Crippen MR) is 56.9 cm³/mol. The van der Waals surface area contributed by atoms with Crippen LogP contribution in [0.15, 0.2) is 0 Å². The van der Waals surface area contributed by atoms with E-state index in [1.54, 1.807) is 0 Å². The maximum absolute atomic E-state index is 3.29. The van der Waals surface area contributed by atoms with Crippen molar-refractivity contribution in [2.75, 3.05) is 32.4 Å². The van der Waals surface area contributed by atoms with Crippen LogP contribution in [0.1, 0.15) is 13.8 Å². The first-order valence-corrected chi connectivity index (χ1v) is 5.77. The van der Waals surface area contributed by atoms with E-state index in [-0.39, 0.29) is 0 Å². The average Bonchev–Trinajstić information content (AvgIpc) is 1.81. The molecule has 1 aliphatic heterocycles. The molecule has 0 aromatic carbocycles. The third-order valence-corrected chi connectivity index (χ3v) is 3.36. The van der Waals surface area contributed by atoms with Gasteiger partial charge in [-0.05, 0) is 12.3 Å². The molecule has 1 aliphatic rings. The van der Waals surface area contributed by atoms with Gasteiger partial charge in [0.1, 0.15) is 0 Å². The number of rotatable bonds is 5. The van der Waals surface area contributed by atoms with Crippen molar-refractivity contribution in [3.8, 4) is 0 Å². The summed E-state index contributed by atoms with van der Waals surface area (Å²) in [7, 11) is 2.23. The van der Waals surface area contributed by atoms with E-state index in [1.807, 2.05) is 11.8 Å². The second kappa shape index (κ2) is 5.10. The summed E-state index contributed by atoms with van der Waals surface area (Å²) in [5.41, 5.74) is 0. The van der Waals surface area contributed by atoms with Crippen LogP contribution in [0.2, 0.25) is 0 Å². The van der Waals surface area contributed by atoms with Gasteiger partial charge in [0.15, 0.2) is 0 Å². The van der Waals surface area contributed by atoms with Gasteiger partial charge in [-0.15, -0.1) is 0 Å². The monoisotopic (exact) mass is 188 g/mol. The Balaban J connectivity index is 1.98. The summed E-state index contributed by atoms with van der Waals surface area (Å²) >= 11 is 2.05. The number of hydrogen-bond donors (Lipinski definition) is 1. The fraction of sp³-hybridized carbons (Fsp3) is 1.00. The maximum Gasteiger partial charge on any atom is 0.0342 e. The standard InChI is InChI=1S/C9H20N2S/c1-8(2)12-5-4-11(3)9-6-10-7-9/h8-10H,4-7H2,1-3H3. The van der Waals surface area contributed by atoms with Crippen LogP contribution in [0, 0.1) is 0 Å². The fourth-order valence-electron chi connectivity index (χ4n) is 1.20. The molecule has 1 saturated heterocycles. The maximum atomic E-state index is 3.29. The number of hydrogen-bond acceptors (Lipinski definition) is 3. The second-order valence-corrected chi connectivity index (χ2v) is 5.40. The molecule has 0 atom stereocenters. The molecule has 1 N–H and O–H groups in total. The highest BCUT2D eigenvalue weighted by molar-refractivity contribution is 7.99. The smallest absolute Gasteiger partial charge is 0.0342 e. The first-order valence-electron chi connectivity index (χ1n) is 4.72. The van der Waals surface area contributed by atoms with E-state index >= 15 is 0 Å². The minimum atomic E-state index is 0.776. The first-order chi connectivity index (χ1) is 5.70. The number of likely N-dealkylation sites (N-methyl/N-ethyl adjacent to an activating group) is 1. The van der Waals surface area contributed by atoms with Crippen LogP contribution in [-0.2, 0) is 0 Å². The summed E-state index contributed by atoms with van der Waals surface area (Å²) in [5, 5.41) is 4.07. The molecular formula is C9H20N2S. The lowest BCUT2D eigenvalue weighted by Gasteiger charge is -2.35. The average molecular weight is 188 g/mol. The molecule has 1 rings (SSSR count). The van der Waals surface area contributed by atoms with Crippen molar-refractivity contribution in [3.05, 3.63) is 0 Å². The van der Waals surface area contributed by atoms with Gasteiger partial charge in [-0.25, -0.2) is 0 Å². The molecule has 12 heavy (non-hydrogen) atoms. The number of nitrogens with one attached hydrogen (secondary N) is 1. The Morgan fingerprint density at radius 3 is 2.58 bits per heavy atom. The van der Waals surface area contributed by atoms with E-state index in [0.29, 0.717) is 0 Å². The van der Waals surface area contributed by atoms with Crippen molar-refractivity contribution in [2.45, 2.75) is 25.1 Å². The number of thioether (sulfide) groups is 1. The van der Waals surface area contributed by atoms with Crippen LogP contribution < -0.4 is 5.32 Å². The van der Waals surface area contributed by atoms with E-state index in [0.717, 1.165) is 11.3 Å². The van der Waals surface area contributed by atoms with E-state index in [1.165, 1.54) is 25.4 Å². The highest BCUT2D eigenvalue weighted by Crippen LogP contribution is 2.10. The molecule has 2 nitrogen and oxygen atoms in total. The van der Waals surface area contributed by atoms with Gasteiger partial charge in [0.2, 0.25) is 0 Å². The third kappa shape index (κ3) is 3.33. The summed E-state index contributed by atoms with van der Waals surface area (Å²) in [5.74, 6) is 1.27. The summed E-state index contributed by atoms with van der Waals surface area (Å²) in [4.78, 5) is 2.46. The Morgan fingerprint density at radius 1 is 1.50 bits per heavy atom. The number of nitrogens with zero attached hydrogens (tertiary/aromatic N) is 1. The molecule has 0 aromatic rings. The van der Waals surface area contributed by atoms with E-state index in [2.05, 4.69) is 31.1 Å². The van der Waals surface area contributed by atoms with Gasteiger partial charge >= 0.3 is 0 Å². The zero-order valence-corrected chi connectivity index (χ0v) is 9.16. The predicted octanol–water partition coefficient (Wildman–Crippen LogP) is 1.03. The van der Waals surface area contributed by atoms with Crippen LogP contribution >= 0.6 is 11.8 Å². The molecule has 0 unspecified atom stereocenters. The summed E-state index contributed by atoms with van der Waals surface area (Å²) in [6.45, 7) is 8.12. The van der Waals surface area contributed by atoms with Crippen molar-refractivity contribution < 1.29 is 0 Å². The lowest BCUT2D eigenvalue weighted by molar-refractivity contribution is 0.190. The van der Waals surface area contributed by atoms with E-state index in [4.69, 9.17) is 0 Å². The Kier molecular flexibility index (Phi) is 4.40. The van der Waals surface area contributed by atoms with Gasteiger partial charge in [-0.2, -0.15) is 11.8 Å². The molecule has 0 radical (unpaired) electrons. The van der Waals surface area contributed by atoms with Crippen LogP contribution in [0.5, 0.6) is 0 Å². The highest BCUT2D eigenvalue weighted by Gasteiger charge is 2.20. The van der Waals surface area contributed by atoms with E-state index < -0.39 is 0 Å². The molecule has 0 spiro atoms. The molecule has 0 amide bonds. The zero-order valence-electron chi connectivity index (χ0n) is 8.34. The largest absolute Gasteiger partial charge is 0.314 e. The molecule has 0 bridgehead atoms. The first kappa shape index (κ1) is 10.4. The third-order valence-electron chi connectivity index (χ3n) is 2.28. The summed E-state index contributed by atoms with van der Waals surface area (Å²) < 4.78 is 0. The van der Waals surface area contributed by atoms with Crippen LogP contribution in [0.4, 0.5) is 0 Å². The molecule has 0 aromatic heterocycles. The Hall–Kier alpha value is 0.270. The summed E-state index contributed by atoms with van der Waals surface area (Å²) in [6, 6.07) is 0.803. The van der Waals surface area contributed by atoms with E-state index in [9.17, 15) is 0 Å². The molecule has 72 valence electrons. The Morgan fingerprint density at radius 2 is 2.17 bits per heavy atom. The minimum absolute atomic E-state index is 0.776. The molecule has 3 heteroatoms. The molecule has 1 heterocycles. The normalized spacial score (nSPS) is 18.8. The quantitative estimate of drug-likeness (QED) is 0.694. The Labute approximate surface area is 80.1 Å². The molecule has 1 fully saturated rings. The zero-order chi connectivity index (χ0) is 8.97. The van der Waals surface area contributed by atoms with Crippen molar-refractivity contribution in [2.24, 2.45) is 0 Å². The summed E-state index contributed by atoms with van der Waals surface area (Å²) in [6.07, 6.45) is 0. The Bertz CT molecular complexity index is 124. The topological polar surface area (TPSA) is 15.3 Å². The van der Waals surface area contributed by atoms with Gasteiger partial charge in [0.05, 0.1) is 0 Å². The fourth-order valence-corrected chi connectivity index (χ4v) is 2.06. The lowest BCUT2D eigenvalue weighted by atomic mass is 10.1. The SMILES string of the molecule is CC(C)SCCN(C)C1CNC1. The van der Waals surface area contributed by atoms with Gasteiger partial charge < -0.3 is 10.2 Å². The van der Waals surface area contributed by atoms with Crippen molar-refractivity contribution >= 4 is 11.8 Å². The van der Waals surface area contributed by atoms with Gasteiger partial charge in [-0.1, -0.05) is 13.8 Å². The van der Waals surface area contributed by atoms with Crippen molar-refractivity contribution in [1.82, 2.24) is 10.2 Å². The lowest BCUT2D eigenvalue weighted by Crippen LogP contribution is -2.56. The molecular weight excluding hydrogens is 168 g/mol. The van der Waals surface area contributed by atoms with Crippen LogP contribution in [-0.4, -0.2) is 48.6 Å². The van der Waals surface area contributed by atoms with Crippen molar-refractivity contribution in [3.63, 3.8) is 0 Å². The van der Waals surface area contributed by atoms with Crippen LogP contribution in [0.3, 0.4) is 0 Å². The highest BCUT2D eigenvalue weighted by atomic mass is 32.2. The van der Waals surface area contributed by atoms with Gasteiger partial charge in [-0.3, -0.25) is 0 Å². The minimum Gasteiger partial charge on any atom is -0.314 e. The molecule has 0 aliphatic carbocycles. The van der Waals surface area contributed by atoms with Crippen molar-refractivity contribution in [1.29, 1.82) is 0 Å².